The van der Waals surface area contributed by atoms with Gasteiger partial charge in [-0.15, -0.1) is 0 Å². The quantitative estimate of drug-likeness (QED) is 0.118. The van der Waals surface area contributed by atoms with E-state index in [1.54, 1.807) is 7.05 Å². The fourth-order valence-electron chi connectivity index (χ4n) is 5.42. The summed E-state index contributed by atoms with van der Waals surface area (Å²) in [5.41, 5.74) is -1.78. The zero-order valence-electron chi connectivity index (χ0n) is 26.7. The molecule has 50 heavy (non-hydrogen) atoms. The Balaban J connectivity index is 1.12. The summed E-state index contributed by atoms with van der Waals surface area (Å²) < 4.78 is 75.0. The summed E-state index contributed by atoms with van der Waals surface area (Å²) in [6.45, 7) is 1.96. The number of ether oxygens (including phenoxy) is 1. The number of hydrogen-bond acceptors (Lipinski definition) is 8. The number of urea groups is 1. The number of amides is 4. The lowest BCUT2D eigenvalue weighted by atomic mass is 10.2. The first-order valence-electron chi connectivity index (χ1n) is 15.4. The highest BCUT2D eigenvalue weighted by Crippen LogP contribution is 2.53. The molecule has 0 radical (unpaired) electrons. The van der Waals surface area contributed by atoms with Crippen molar-refractivity contribution in [1.29, 1.82) is 0 Å². The summed E-state index contributed by atoms with van der Waals surface area (Å²) in [5, 5.41) is 14.5. The van der Waals surface area contributed by atoms with Gasteiger partial charge >= 0.3 is 12.2 Å². The van der Waals surface area contributed by atoms with Crippen molar-refractivity contribution in [1.82, 2.24) is 40.2 Å². The summed E-state index contributed by atoms with van der Waals surface area (Å²) in [7, 11) is 2.92. The van der Waals surface area contributed by atoms with Crippen molar-refractivity contribution >= 4 is 41.6 Å². The van der Waals surface area contributed by atoms with E-state index in [0.717, 1.165) is 17.0 Å². The third-order valence-electron chi connectivity index (χ3n) is 8.30. The van der Waals surface area contributed by atoms with Crippen LogP contribution in [-0.4, -0.2) is 99.8 Å². The average molecular weight is 730 g/mol. The van der Waals surface area contributed by atoms with Crippen LogP contribution in [0.1, 0.15) is 52.0 Å². The number of alkyl halides is 5. The Morgan fingerprint density at radius 3 is 2.60 bits per heavy atom. The van der Waals surface area contributed by atoms with E-state index in [1.807, 2.05) is 0 Å². The number of carbonyl (C=O) groups excluding carboxylic acids is 4. The van der Waals surface area contributed by atoms with Gasteiger partial charge in [0.25, 0.3) is 24.2 Å². The van der Waals surface area contributed by atoms with E-state index in [-0.39, 0.29) is 46.4 Å². The summed E-state index contributed by atoms with van der Waals surface area (Å²) in [6.07, 6.45) is -3.03. The normalized spacial score (nSPS) is 19.5. The Morgan fingerprint density at radius 2 is 1.94 bits per heavy atom. The Kier molecular flexibility index (Phi) is 10.7. The maximum absolute atomic E-state index is 13.7. The van der Waals surface area contributed by atoms with Crippen LogP contribution >= 0.6 is 11.6 Å². The van der Waals surface area contributed by atoms with Gasteiger partial charge in [-0.3, -0.25) is 19.1 Å². The number of anilines is 1. The van der Waals surface area contributed by atoms with Crippen LogP contribution in [0.3, 0.4) is 0 Å². The molecule has 270 valence electrons. The van der Waals surface area contributed by atoms with Crippen molar-refractivity contribution in [2.24, 2.45) is 7.05 Å². The summed E-state index contributed by atoms with van der Waals surface area (Å²) in [4.78, 5) is 54.2. The molecule has 1 aliphatic carbocycles. The van der Waals surface area contributed by atoms with E-state index in [4.69, 9.17) is 16.3 Å². The SMILES string of the molecule is CN(CCCCNC(=O)c1ccc(NC(=O)c2ncc(-c3cn(C4CC4(F)F)nc3C(F)(F)F)n2C)cc1Cl)C(=O)N[C@H]1CNC[C@@H]1OC=O. The first kappa shape index (κ1) is 36.5. The van der Waals surface area contributed by atoms with Crippen molar-refractivity contribution < 1.29 is 45.9 Å². The molecule has 1 saturated carbocycles. The Morgan fingerprint density at radius 1 is 1.20 bits per heavy atom. The minimum atomic E-state index is -4.95. The van der Waals surface area contributed by atoms with Gasteiger partial charge in [-0.1, -0.05) is 11.6 Å². The number of hydrogen-bond donors (Lipinski definition) is 4. The van der Waals surface area contributed by atoms with Gasteiger partial charge < -0.3 is 35.5 Å². The van der Waals surface area contributed by atoms with E-state index >= 15 is 0 Å². The second-order valence-electron chi connectivity index (χ2n) is 11.9. The summed E-state index contributed by atoms with van der Waals surface area (Å²) in [6, 6.07) is 1.95. The van der Waals surface area contributed by atoms with E-state index in [1.165, 1.54) is 30.1 Å². The van der Waals surface area contributed by atoms with Crippen molar-refractivity contribution in [2.45, 2.75) is 49.5 Å². The maximum atomic E-state index is 13.7. The predicted molar refractivity (Wildman–Crippen MR) is 168 cm³/mol. The number of unbranched alkanes of at least 4 members (excludes halogenated alkanes) is 1. The van der Waals surface area contributed by atoms with Gasteiger partial charge in [0, 0.05) is 58.6 Å². The molecule has 0 spiro atoms. The van der Waals surface area contributed by atoms with Crippen LogP contribution in [0, 0.1) is 0 Å². The first-order valence-corrected chi connectivity index (χ1v) is 15.7. The zero-order valence-corrected chi connectivity index (χ0v) is 27.4. The van der Waals surface area contributed by atoms with Crippen molar-refractivity contribution in [3.8, 4) is 11.3 Å². The Hall–Kier alpha value is -4.78. The van der Waals surface area contributed by atoms with Gasteiger partial charge in [-0.25, -0.2) is 18.6 Å². The van der Waals surface area contributed by atoms with Gasteiger partial charge in [0.05, 0.1) is 34.1 Å². The molecule has 1 aliphatic heterocycles. The molecule has 2 aliphatic rings. The number of rotatable bonds is 13. The van der Waals surface area contributed by atoms with Gasteiger partial charge in [-0.2, -0.15) is 18.3 Å². The molecular weight excluding hydrogens is 697 g/mol. The molecule has 14 nitrogen and oxygen atoms in total. The van der Waals surface area contributed by atoms with Gasteiger partial charge in [-0.05, 0) is 31.0 Å². The molecule has 2 aromatic heterocycles. The number of halogens is 6. The van der Waals surface area contributed by atoms with Gasteiger partial charge in [0.1, 0.15) is 12.1 Å². The lowest BCUT2D eigenvalue weighted by Crippen LogP contribution is -2.48. The summed E-state index contributed by atoms with van der Waals surface area (Å²) in [5.74, 6) is -4.74. The molecule has 3 atom stereocenters. The van der Waals surface area contributed by atoms with E-state index in [0.29, 0.717) is 43.6 Å². The average Bonchev–Trinajstić information content (AvgIpc) is 3.45. The maximum Gasteiger partial charge on any atom is 0.435 e. The van der Waals surface area contributed by atoms with Crippen LogP contribution in [0.2, 0.25) is 5.02 Å². The number of nitrogens with zero attached hydrogens (tertiary/aromatic N) is 5. The summed E-state index contributed by atoms with van der Waals surface area (Å²) >= 11 is 6.31. The standard InChI is InChI=1S/C30H33ClF5N9O5/c1-43(28(49)41-20-11-37-13-22(20)50-15-46)8-4-3-7-38-26(47)17-6-5-16(9-19(17)31)40-27(48)25-39-12-21(44(25)2)18-14-45(23-10-29(23,32)33)42-24(18)30(34,35)36/h5-6,9,12,14-15,20,22-23,37H,3-4,7-8,10-11,13H2,1-2H3,(H,38,47)(H,40,48)(H,41,49)/t20-,22-,23?/m0/s1. The number of nitrogens with one attached hydrogen (secondary N) is 4. The minimum absolute atomic E-state index is 0.00890. The molecular formula is C30H33ClF5N9O5. The Labute approximate surface area is 286 Å². The molecule has 1 unspecified atom stereocenters. The highest BCUT2D eigenvalue weighted by molar-refractivity contribution is 6.34. The van der Waals surface area contributed by atoms with Crippen LogP contribution in [-0.2, 0) is 22.8 Å². The van der Waals surface area contributed by atoms with Crippen LogP contribution in [0.4, 0.5) is 32.4 Å². The molecule has 1 saturated heterocycles. The molecule has 5 rings (SSSR count). The van der Waals surface area contributed by atoms with Crippen LogP contribution < -0.4 is 21.3 Å². The van der Waals surface area contributed by atoms with Gasteiger partial charge in [0.15, 0.2) is 11.5 Å². The topological polar surface area (TPSA) is 165 Å². The van der Waals surface area contributed by atoms with Crippen molar-refractivity contribution in [3.63, 3.8) is 0 Å². The molecule has 20 heteroatoms. The third kappa shape index (κ3) is 8.15. The fraction of sp³-hybridized carbons (Fsp3) is 0.467. The van der Waals surface area contributed by atoms with Crippen LogP contribution in [0.25, 0.3) is 11.3 Å². The van der Waals surface area contributed by atoms with Gasteiger partial charge in [0.2, 0.25) is 0 Å². The Bertz CT molecular complexity index is 1760. The van der Waals surface area contributed by atoms with E-state index in [2.05, 4.69) is 31.3 Å². The molecule has 3 aromatic rings. The molecule has 4 amide bonds. The van der Waals surface area contributed by atoms with Crippen molar-refractivity contribution in [2.75, 3.05) is 38.5 Å². The predicted octanol–water partition coefficient (Wildman–Crippen LogP) is 3.45. The first-order chi connectivity index (χ1) is 23.6. The molecule has 2 fully saturated rings. The zero-order chi connectivity index (χ0) is 36.4. The van der Waals surface area contributed by atoms with Crippen molar-refractivity contribution in [3.05, 3.63) is 52.7 Å². The third-order valence-corrected chi connectivity index (χ3v) is 8.61. The monoisotopic (exact) mass is 729 g/mol. The lowest BCUT2D eigenvalue weighted by molar-refractivity contribution is -0.141. The molecule has 3 heterocycles. The van der Waals surface area contributed by atoms with Crippen LogP contribution in [0.5, 0.6) is 0 Å². The largest absolute Gasteiger partial charge is 0.461 e. The second kappa shape index (κ2) is 14.6. The van der Waals surface area contributed by atoms with E-state index in [9.17, 15) is 41.1 Å². The fourth-order valence-corrected chi connectivity index (χ4v) is 5.69. The smallest absolute Gasteiger partial charge is 0.435 e. The van der Waals surface area contributed by atoms with E-state index < -0.39 is 53.7 Å². The highest BCUT2D eigenvalue weighted by Gasteiger charge is 2.59. The number of imidazole rings is 1. The van der Waals surface area contributed by atoms with Crippen LogP contribution in [0.15, 0.2) is 30.6 Å². The number of aromatic nitrogens is 4. The highest BCUT2D eigenvalue weighted by atomic mass is 35.5. The molecule has 1 aromatic carbocycles. The number of carbonyl (C=O) groups is 4. The lowest BCUT2D eigenvalue weighted by Gasteiger charge is -2.23. The molecule has 4 N–H and O–H groups in total. The second-order valence-corrected chi connectivity index (χ2v) is 12.3. The molecule has 0 bridgehead atoms. The number of benzene rings is 1. The minimum Gasteiger partial charge on any atom is -0.461 e.